The van der Waals surface area contributed by atoms with E-state index in [-0.39, 0.29) is 6.61 Å². The number of para-hydroxylation sites is 1. The Kier molecular flexibility index (Phi) is 6.41. The van der Waals surface area contributed by atoms with Gasteiger partial charge in [0.25, 0.3) is 0 Å². The average molecular weight is 475 g/mol. The molecule has 0 aliphatic carbocycles. The van der Waals surface area contributed by atoms with Gasteiger partial charge in [0.05, 0.1) is 17.2 Å². The summed E-state index contributed by atoms with van der Waals surface area (Å²) in [6.45, 7) is 0.109. The monoisotopic (exact) mass is 475 g/mol. The van der Waals surface area contributed by atoms with Crippen LogP contribution in [-0.2, 0) is 12.8 Å². The Labute approximate surface area is 192 Å². The predicted molar refractivity (Wildman–Crippen MR) is 117 cm³/mol. The number of hydrogen-bond donors (Lipinski definition) is 1. The van der Waals surface area contributed by atoms with Crippen molar-refractivity contribution in [3.63, 3.8) is 0 Å². The van der Waals surface area contributed by atoms with E-state index < -0.39 is 29.5 Å². The topological polar surface area (TPSA) is 21.3 Å². The minimum Gasteiger partial charge on any atom is -0.489 e. The van der Waals surface area contributed by atoms with Crippen molar-refractivity contribution in [3.05, 3.63) is 113 Å². The number of benzene rings is 3. The van der Waals surface area contributed by atoms with Crippen molar-refractivity contribution < 1.29 is 31.1 Å². The lowest BCUT2D eigenvalue weighted by atomic mass is 9.95. The van der Waals surface area contributed by atoms with Crippen molar-refractivity contribution in [1.29, 1.82) is 0 Å². The molecular weight excluding hydrogens is 456 g/mol. The van der Waals surface area contributed by atoms with Crippen LogP contribution >= 0.6 is 0 Å². The number of halogens is 6. The zero-order valence-electron chi connectivity index (χ0n) is 17.6. The standard InChI is InChI=1S/C26H19F6NO/c27-25(28,29)20-13-11-19(12-14-20)18-9-7-17(8-10-18)16-34-23-6-2-1-4-21(23)24-22(26(30,31)32)5-3-15-33-24/h1-15,24,33H,16H2. The van der Waals surface area contributed by atoms with E-state index in [0.717, 1.165) is 29.3 Å². The lowest BCUT2D eigenvalue weighted by molar-refractivity contribution is -0.137. The van der Waals surface area contributed by atoms with Crippen molar-refractivity contribution in [3.8, 4) is 16.9 Å². The molecule has 1 unspecified atom stereocenters. The molecule has 1 heterocycles. The highest BCUT2D eigenvalue weighted by atomic mass is 19.4. The number of rotatable bonds is 5. The first-order valence-electron chi connectivity index (χ1n) is 10.3. The van der Waals surface area contributed by atoms with Gasteiger partial charge in [0, 0.05) is 5.56 Å². The van der Waals surface area contributed by atoms with Crippen LogP contribution in [0.1, 0.15) is 22.7 Å². The fourth-order valence-electron chi connectivity index (χ4n) is 3.66. The summed E-state index contributed by atoms with van der Waals surface area (Å²) in [7, 11) is 0. The fourth-order valence-corrected chi connectivity index (χ4v) is 3.66. The minimum atomic E-state index is -4.50. The van der Waals surface area contributed by atoms with Gasteiger partial charge in [-0.15, -0.1) is 0 Å². The average Bonchev–Trinajstić information content (AvgIpc) is 2.82. The number of hydrogen-bond acceptors (Lipinski definition) is 2. The summed E-state index contributed by atoms with van der Waals surface area (Å²) < 4.78 is 84.5. The Morgan fingerprint density at radius 3 is 1.97 bits per heavy atom. The predicted octanol–water partition coefficient (Wildman–Crippen LogP) is 7.60. The van der Waals surface area contributed by atoms with Gasteiger partial charge in [0.1, 0.15) is 12.4 Å². The molecule has 1 aliphatic heterocycles. The Bertz CT molecular complexity index is 1190. The van der Waals surface area contributed by atoms with Gasteiger partial charge < -0.3 is 10.1 Å². The molecule has 8 heteroatoms. The zero-order chi connectivity index (χ0) is 24.3. The second-order valence-corrected chi connectivity index (χ2v) is 7.68. The second kappa shape index (κ2) is 9.29. The van der Waals surface area contributed by atoms with Gasteiger partial charge in [-0.25, -0.2) is 0 Å². The molecule has 0 saturated carbocycles. The molecule has 3 aromatic rings. The normalized spacial score (nSPS) is 16.1. The first kappa shape index (κ1) is 23.5. The lowest BCUT2D eigenvalue weighted by Crippen LogP contribution is -2.29. The lowest BCUT2D eigenvalue weighted by Gasteiger charge is -2.27. The maximum atomic E-state index is 13.5. The number of nitrogens with one attached hydrogen (secondary N) is 1. The molecule has 176 valence electrons. The molecule has 0 bridgehead atoms. The van der Waals surface area contributed by atoms with Gasteiger partial charge >= 0.3 is 12.4 Å². The molecular formula is C26H19F6NO. The van der Waals surface area contributed by atoms with E-state index in [1.807, 2.05) is 0 Å². The molecule has 3 aromatic carbocycles. The maximum Gasteiger partial charge on any atom is 0.416 e. The Morgan fingerprint density at radius 2 is 1.35 bits per heavy atom. The number of alkyl halides is 6. The summed E-state index contributed by atoms with van der Waals surface area (Å²) in [6.07, 6.45) is -5.09. The molecule has 1 aliphatic rings. The van der Waals surface area contributed by atoms with Crippen LogP contribution in [0.5, 0.6) is 5.75 Å². The molecule has 0 fully saturated rings. The number of allylic oxidation sites excluding steroid dienone is 2. The van der Waals surface area contributed by atoms with Crippen LogP contribution in [0.25, 0.3) is 11.1 Å². The third kappa shape index (κ3) is 5.27. The van der Waals surface area contributed by atoms with Crippen LogP contribution in [0.15, 0.2) is 96.7 Å². The van der Waals surface area contributed by atoms with Crippen molar-refractivity contribution in [2.45, 2.75) is 25.0 Å². The van der Waals surface area contributed by atoms with E-state index in [1.165, 1.54) is 24.4 Å². The molecule has 2 nitrogen and oxygen atoms in total. The van der Waals surface area contributed by atoms with Crippen LogP contribution in [0.4, 0.5) is 26.3 Å². The van der Waals surface area contributed by atoms with Crippen LogP contribution in [-0.4, -0.2) is 6.18 Å². The second-order valence-electron chi connectivity index (χ2n) is 7.68. The Morgan fingerprint density at radius 1 is 0.735 bits per heavy atom. The van der Waals surface area contributed by atoms with E-state index in [4.69, 9.17) is 4.74 Å². The molecule has 34 heavy (non-hydrogen) atoms. The third-order valence-electron chi connectivity index (χ3n) is 5.40. The highest BCUT2D eigenvalue weighted by molar-refractivity contribution is 5.64. The summed E-state index contributed by atoms with van der Waals surface area (Å²) in [5.74, 6) is 0.317. The molecule has 0 spiro atoms. The van der Waals surface area contributed by atoms with E-state index >= 15 is 0 Å². The molecule has 0 radical (unpaired) electrons. The van der Waals surface area contributed by atoms with Crippen LogP contribution in [0.2, 0.25) is 0 Å². The van der Waals surface area contributed by atoms with E-state index in [0.29, 0.717) is 16.9 Å². The molecule has 1 N–H and O–H groups in total. The summed E-state index contributed by atoms with van der Waals surface area (Å²) in [5.41, 5.74) is 1.05. The first-order chi connectivity index (χ1) is 16.1. The van der Waals surface area contributed by atoms with E-state index in [9.17, 15) is 26.3 Å². The molecule has 1 atom stereocenters. The van der Waals surface area contributed by atoms with Gasteiger partial charge in [-0.2, -0.15) is 26.3 Å². The number of dihydropyridines is 1. The van der Waals surface area contributed by atoms with E-state index in [2.05, 4.69) is 5.32 Å². The van der Waals surface area contributed by atoms with Gasteiger partial charge in [0.2, 0.25) is 0 Å². The molecule has 0 aromatic heterocycles. The smallest absolute Gasteiger partial charge is 0.416 e. The summed E-state index contributed by atoms with van der Waals surface area (Å²) in [4.78, 5) is 0. The Hall–Kier alpha value is -3.68. The zero-order valence-corrected chi connectivity index (χ0v) is 17.6. The van der Waals surface area contributed by atoms with Crippen LogP contribution < -0.4 is 10.1 Å². The number of ether oxygens (including phenoxy) is 1. The van der Waals surface area contributed by atoms with Crippen LogP contribution in [0, 0.1) is 0 Å². The quantitative estimate of drug-likeness (QED) is 0.384. The first-order valence-corrected chi connectivity index (χ1v) is 10.3. The molecule has 0 saturated heterocycles. The summed E-state index contributed by atoms with van der Waals surface area (Å²) in [5, 5.41) is 2.75. The van der Waals surface area contributed by atoms with Crippen molar-refractivity contribution >= 4 is 0 Å². The SMILES string of the molecule is FC(F)(F)C1=CC=CNC1c1ccccc1OCc1ccc(-c2ccc(C(F)(F)F)cc2)cc1. The largest absolute Gasteiger partial charge is 0.489 e. The van der Waals surface area contributed by atoms with Gasteiger partial charge in [-0.05, 0) is 47.2 Å². The highest BCUT2D eigenvalue weighted by Gasteiger charge is 2.40. The van der Waals surface area contributed by atoms with E-state index in [1.54, 1.807) is 48.5 Å². The summed E-state index contributed by atoms with van der Waals surface area (Å²) >= 11 is 0. The van der Waals surface area contributed by atoms with Crippen molar-refractivity contribution in [2.24, 2.45) is 0 Å². The van der Waals surface area contributed by atoms with Gasteiger partial charge in [-0.1, -0.05) is 60.7 Å². The highest BCUT2D eigenvalue weighted by Crippen LogP contribution is 2.40. The van der Waals surface area contributed by atoms with Gasteiger partial charge in [0.15, 0.2) is 0 Å². The van der Waals surface area contributed by atoms with Crippen LogP contribution in [0.3, 0.4) is 0 Å². The molecule has 4 rings (SSSR count). The van der Waals surface area contributed by atoms with Gasteiger partial charge in [-0.3, -0.25) is 0 Å². The third-order valence-corrected chi connectivity index (χ3v) is 5.40. The summed E-state index contributed by atoms with van der Waals surface area (Å²) in [6, 6.07) is 17.3. The maximum absolute atomic E-state index is 13.5. The molecule has 0 amide bonds. The Balaban J connectivity index is 1.48. The van der Waals surface area contributed by atoms with Crippen molar-refractivity contribution in [1.82, 2.24) is 5.32 Å². The fraction of sp³-hybridized carbons (Fsp3) is 0.154. The van der Waals surface area contributed by atoms with Crippen molar-refractivity contribution in [2.75, 3.05) is 0 Å². The minimum absolute atomic E-state index is 0.109.